The maximum absolute atomic E-state index is 12.8. The van der Waals surface area contributed by atoms with E-state index in [1.807, 2.05) is 4.90 Å². The van der Waals surface area contributed by atoms with Crippen molar-refractivity contribution >= 4 is 17.7 Å². The van der Waals surface area contributed by atoms with E-state index in [9.17, 15) is 14.4 Å². The Bertz CT molecular complexity index is 630. The number of piperazine rings is 1. The van der Waals surface area contributed by atoms with Crippen LogP contribution in [-0.2, 0) is 14.4 Å². The van der Waals surface area contributed by atoms with Gasteiger partial charge in [0.1, 0.15) is 6.04 Å². The van der Waals surface area contributed by atoms with Crippen LogP contribution in [0.4, 0.5) is 0 Å². The summed E-state index contributed by atoms with van der Waals surface area (Å²) in [7, 11) is 0. The van der Waals surface area contributed by atoms with E-state index in [0.29, 0.717) is 32.7 Å². The van der Waals surface area contributed by atoms with E-state index in [1.165, 1.54) is 0 Å². The fourth-order valence-electron chi connectivity index (χ4n) is 4.58. The first-order valence-corrected chi connectivity index (χ1v) is 10.5. The van der Waals surface area contributed by atoms with Crippen molar-refractivity contribution in [3.05, 3.63) is 0 Å². The van der Waals surface area contributed by atoms with Gasteiger partial charge in [-0.05, 0) is 38.5 Å². The second-order valence-corrected chi connectivity index (χ2v) is 8.14. The molecule has 1 atom stereocenters. The van der Waals surface area contributed by atoms with Crippen molar-refractivity contribution in [1.82, 2.24) is 20.0 Å². The van der Waals surface area contributed by atoms with Crippen LogP contribution < -0.4 is 5.32 Å². The largest absolute Gasteiger partial charge is 0.339 e. The molecule has 154 valence electrons. The third-order valence-electron chi connectivity index (χ3n) is 6.38. The SMILES string of the molecule is CC(=O)N1CCN(C(=O)C2CCC(NCC(=O)N3CCC[C@H]3C#N)CC2)CC1. The molecule has 28 heavy (non-hydrogen) atoms. The second-order valence-electron chi connectivity index (χ2n) is 8.14. The molecule has 0 unspecified atom stereocenters. The molecule has 2 saturated heterocycles. The summed E-state index contributed by atoms with van der Waals surface area (Å²) in [6.45, 7) is 5.02. The molecule has 1 saturated carbocycles. The van der Waals surface area contributed by atoms with Crippen molar-refractivity contribution in [3.8, 4) is 6.07 Å². The van der Waals surface area contributed by atoms with Crippen LogP contribution in [0.15, 0.2) is 0 Å². The fourth-order valence-corrected chi connectivity index (χ4v) is 4.58. The summed E-state index contributed by atoms with van der Waals surface area (Å²) in [4.78, 5) is 41.9. The van der Waals surface area contributed by atoms with Crippen LogP contribution in [0.25, 0.3) is 0 Å². The van der Waals surface area contributed by atoms with Crippen LogP contribution in [0.1, 0.15) is 45.4 Å². The zero-order chi connectivity index (χ0) is 20.1. The number of hydrogen-bond donors (Lipinski definition) is 1. The van der Waals surface area contributed by atoms with E-state index in [1.54, 1.807) is 16.7 Å². The minimum atomic E-state index is -0.272. The summed E-state index contributed by atoms with van der Waals surface area (Å²) in [6.07, 6.45) is 5.12. The van der Waals surface area contributed by atoms with Gasteiger partial charge in [-0.1, -0.05) is 0 Å². The van der Waals surface area contributed by atoms with Crippen LogP contribution in [0.2, 0.25) is 0 Å². The van der Waals surface area contributed by atoms with Crippen molar-refractivity contribution in [2.45, 2.75) is 57.5 Å². The maximum atomic E-state index is 12.8. The summed E-state index contributed by atoms with van der Waals surface area (Å²) < 4.78 is 0. The molecule has 3 aliphatic rings. The zero-order valence-corrected chi connectivity index (χ0v) is 16.7. The van der Waals surface area contributed by atoms with Crippen LogP contribution >= 0.6 is 0 Å². The van der Waals surface area contributed by atoms with Gasteiger partial charge in [0, 0.05) is 51.6 Å². The molecule has 0 bridgehead atoms. The van der Waals surface area contributed by atoms with E-state index in [0.717, 1.165) is 38.5 Å². The predicted molar refractivity (Wildman–Crippen MR) is 103 cm³/mol. The summed E-state index contributed by atoms with van der Waals surface area (Å²) >= 11 is 0. The Morgan fingerprint density at radius 3 is 2.21 bits per heavy atom. The number of nitrogens with one attached hydrogen (secondary N) is 1. The molecule has 0 radical (unpaired) electrons. The van der Waals surface area contributed by atoms with E-state index >= 15 is 0 Å². The Labute approximate surface area is 166 Å². The lowest BCUT2D eigenvalue weighted by atomic mass is 9.85. The quantitative estimate of drug-likeness (QED) is 0.748. The van der Waals surface area contributed by atoms with E-state index < -0.39 is 0 Å². The molecule has 3 amide bonds. The highest BCUT2D eigenvalue weighted by Crippen LogP contribution is 2.26. The van der Waals surface area contributed by atoms with Crippen LogP contribution in [-0.4, -0.2) is 83.8 Å². The predicted octanol–water partition coefficient (Wildman–Crippen LogP) is 0.340. The summed E-state index contributed by atoms with van der Waals surface area (Å²) in [5.41, 5.74) is 0. The summed E-state index contributed by atoms with van der Waals surface area (Å²) in [6, 6.07) is 2.19. The molecule has 1 aliphatic carbocycles. The van der Waals surface area contributed by atoms with Crippen molar-refractivity contribution in [2.75, 3.05) is 39.3 Å². The number of rotatable bonds is 4. The normalized spacial score (nSPS) is 28.1. The van der Waals surface area contributed by atoms with Crippen LogP contribution in [0.3, 0.4) is 0 Å². The van der Waals surface area contributed by atoms with Crippen LogP contribution in [0, 0.1) is 17.2 Å². The zero-order valence-electron chi connectivity index (χ0n) is 16.7. The highest BCUT2D eigenvalue weighted by atomic mass is 16.2. The number of nitriles is 1. The highest BCUT2D eigenvalue weighted by molar-refractivity contribution is 5.80. The Balaban J connectivity index is 1.37. The lowest BCUT2D eigenvalue weighted by Crippen LogP contribution is -2.52. The second kappa shape index (κ2) is 9.37. The number of amides is 3. The minimum absolute atomic E-state index is 0.00518. The van der Waals surface area contributed by atoms with Gasteiger partial charge >= 0.3 is 0 Å². The number of likely N-dealkylation sites (tertiary alicyclic amines) is 1. The Kier molecular flexibility index (Phi) is 6.89. The molecule has 0 aromatic heterocycles. The molecule has 2 heterocycles. The number of carbonyl (C=O) groups is 3. The Morgan fingerprint density at radius 2 is 1.61 bits per heavy atom. The molecule has 0 spiro atoms. The topological polar surface area (TPSA) is 96.8 Å². The van der Waals surface area contributed by atoms with Gasteiger partial charge in [-0.3, -0.25) is 14.4 Å². The van der Waals surface area contributed by atoms with Gasteiger partial charge < -0.3 is 20.0 Å². The van der Waals surface area contributed by atoms with E-state index in [2.05, 4.69) is 11.4 Å². The summed E-state index contributed by atoms with van der Waals surface area (Å²) in [5, 5.41) is 12.4. The average Bonchev–Trinajstić information content (AvgIpc) is 3.21. The van der Waals surface area contributed by atoms with Crippen molar-refractivity contribution in [3.63, 3.8) is 0 Å². The number of carbonyl (C=O) groups excluding carboxylic acids is 3. The standard InChI is InChI=1S/C20H31N5O3/c1-15(26)23-9-11-24(12-10-23)20(28)16-4-6-17(7-5-16)22-14-19(27)25-8-2-3-18(25)13-21/h16-18,22H,2-12,14H2,1H3/t16?,17?,18-/m0/s1. The molecular weight excluding hydrogens is 358 g/mol. The first-order valence-electron chi connectivity index (χ1n) is 10.5. The lowest BCUT2D eigenvalue weighted by Gasteiger charge is -2.37. The van der Waals surface area contributed by atoms with Gasteiger partial charge in [-0.25, -0.2) is 0 Å². The molecule has 3 rings (SSSR count). The first-order chi connectivity index (χ1) is 13.5. The lowest BCUT2D eigenvalue weighted by molar-refractivity contribution is -0.142. The van der Waals surface area contributed by atoms with Crippen molar-refractivity contribution in [2.24, 2.45) is 5.92 Å². The minimum Gasteiger partial charge on any atom is -0.339 e. The number of hydrogen-bond acceptors (Lipinski definition) is 5. The highest BCUT2D eigenvalue weighted by Gasteiger charge is 2.32. The molecule has 8 nitrogen and oxygen atoms in total. The monoisotopic (exact) mass is 389 g/mol. The van der Waals surface area contributed by atoms with E-state index in [4.69, 9.17) is 5.26 Å². The van der Waals surface area contributed by atoms with E-state index in [-0.39, 0.29) is 42.3 Å². The van der Waals surface area contributed by atoms with Gasteiger partial charge in [-0.15, -0.1) is 0 Å². The smallest absolute Gasteiger partial charge is 0.237 e. The van der Waals surface area contributed by atoms with Crippen molar-refractivity contribution < 1.29 is 14.4 Å². The molecule has 1 N–H and O–H groups in total. The maximum Gasteiger partial charge on any atom is 0.237 e. The molecule has 0 aromatic rings. The van der Waals surface area contributed by atoms with Gasteiger partial charge in [0.05, 0.1) is 12.6 Å². The Hall–Kier alpha value is -2.14. The molecule has 8 heteroatoms. The molecular formula is C20H31N5O3. The Morgan fingerprint density at radius 1 is 0.964 bits per heavy atom. The van der Waals surface area contributed by atoms with Crippen molar-refractivity contribution in [1.29, 1.82) is 5.26 Å². The van der Waals surface area contributed by atoms with Gasteiger partial charge in [0.25, 0.3) is 0 Å². The molecule has 3 fully saturated rings. The van der Waals surface area contributed by atoms with Crippen LogP contribution in [0.5, 0.6) is 0 Å². The number of nitrogens with zero attached hydrogens (tertiary/aromatic N) is 4. The fraction of sp³-hybridized carbons (Fsp3) is 0.800. The molecule has 2 aliphatic heterocycles. The summed E-state index contributed by atoms with van der Waals surface area (Å²) in [5.74, 6) is 0.347. The third-order valence-corrected chi connectivity index (χ3v) is 6.38. The third kappa shape index (κ3) is 4.82. The van der Waals surface area contributed by atoms with Gasteiger partial charge in [0.2, 0.25) is 17.7 Å². The first kappa shape index (κ1) is 20.6. The average molecular weight is 390 g/mol. The van der Waals surface area contributed by atoms with Gasteiger partial charge in [-0.2, -0.15) is 5.26 Å². The van der Waals surface area contributed by atoms with Gasteiger partial charge in [0.15, 0.2) is 0 Å². The molecule has 0 aromatic carbocycles.